The first-order valence-corrected chi connectivity index (χ1v) is 7.02. The van der Waals surface area contributed by atoms with Gasteiger partial charge < -0.3 is 5.32 Å². The SMILES string of the molecule is Fc1ccc(CNc2ccc(I)cc2Cl)cc1Cl. The minimum Gasteiger partial charge on any atom is -0.380 e. The summed E-state index contributed by atoms with van der Waals surface area (Å²) in [5, 5.41) is 3.98. The minimum absolute atomic E-state index is 0.128. The van der Waals surface area contributed by atoms with Crippen molar-refractivity contribution in [1.29, 1.82) is 0 Å². The standard InChI is InChI=1S/C13H9Cl2FIN/c14-10-5-8(1-3-12(10)16)7-18-13-4-2-9(17)6-11(13)15/h1-6,18H,7H2. The highest BCUT2D eigenvalue weighted by Crippen LogP contribution is 2.25. The van der Waals surface area contributed by atoms with Gasteiger partial charge in [-0.2, -0.15) is 0 Å². The van der Waals surface area contributed by atoms with E-state index >= 15 is 0 Å². The predicted molar refractivity (Wildman–Crippen MR) is 82.9 cm³/mol. The van der Waals surface area contributed by atoms with Gasteiger partial charge in [-0.15, -0.1) is 0 Å². The fourth-order valence-corrected chi connectivity index (χ4v) is 2.61. The van der Waals surface area contributed by atoms with Gasteiger partial charge in [-0.25, -0.2) is 4.39 Å². The van der Waals surface area contributed by atoms with E-state index in [9.17, 15) is 4.39 Å². The Hall–Kier alpha value is -0.520. The summed E-state index contributed by atoms with van der Waals surface area (Å²) in [7, 11) is 0. The molecule has 0 saturated carbocycles. The summed E-state index contributed by atoms with van der Waals surface area (Å²) in [4.78, 5) is 0. The molecule has 1 N–H and O–H groups in total. The molecule has 1 nitrogen and oxygen atoms in total. The molecule has 0 atom stereocenters. The van der Waals surface area contributed by atoms with Crippen molar-refractivity contribution in [3.63, 3.8) is 0 Å². The summed E-state index contributed by atoms with van der Waals surface area (Å²) >= 11 is 14.0. The molecule has 2 rings (SSSR count). The largest absolute Gasteiger partial charge is 0.380 e. The van der Waals surface area contributed by atoms with Gasteiger partial charge in [-0.3, -0.25) is 0 Å². The first-order chi connectivity index (χ1) is 8.56. The molecule has 0 fully saturated rings. The van der Waals surface area contributed by atoms with Gasteiger partial charge in [-0.05, 0) is 58.5 Å². The van der Waals surface area contributed by atoms with Crippen LogP contribution < -0.4 is 5.32 Å². The Morgan fingerprint density at radius 3 is 2.50 bits per heavy atom. The zero-order valence-corrected chi connectivity index (χ0v) is 12.9. The molecule has 0 saturated heterocycles. The van der Waals surface area contributed by atoms with Crippen molar-refractivity contribution in [2.75, 3.05) is 5.32 Å². The van der Waals surface area contributed by atoms with Crippen LogP contribution in [0.4, 0.5) is 10.1 Å². The molecule has 0 unspecified atom stereocenters. The van der Waals surface area contributed by atoms with E-state index in [1.165, 1.54) is 6.07 Å². The Morgan fingerprint density at radius 1 is 1.06 bits per heavy atom. The number of hydrogen-bond acceptors (Lipinski definition) is 1. The zero-order chi connectivity index (χ0) is 13.1. The van der Waals surface area contributed by atoms with Gasteiger partial charge in [0.05, 0.1) is 15.7 Å². The predicted octanol–water partition coefficient (Wildman–Crippen LogP) is 5.35. The first-order valence-electron chi connectivity index (χ1n) is 5.19. The third-order valence-corrected chi connectivity index (χ3v) is 3.67. The fourth-order valence-electron chi connectivity index (χ4n) is 1.48. The number of nitrogens with one attached hydrogen (secondary N) is 1. The van der Waals surface area contributed by atoms with Crippen molar-refractivity contribution in [2.24, 2.45) is 0 Å². The van der Waals surface area contributed by atoms with Crippen LogP contribution in [0.25, 0.3) is 0 Å². The zero-order valence-electron chi connectivity index (χ0n) is 9.18. The molecule has 2 aromatic carbocycles. The van der Waals surface area contributed by atoms with E-state index in [1.807, 2.05) is 18.2 Å². The fraction of sp³-hybridized carbons (Fsp3) is 0.0769. The van der Waals surface area contributed by atoms with Crippen molar-refractivity contribution >= 4 is 51.5 Å². The van der Waals surface area contributed by atoms with Crippen LogP contribution in [-0.4, -0.2) is 0 Å². The summed E-state index contributed by atoms with van der Waals surface area (Å²) in [6.45, 7) is 0.542. The van der Waals surface area contributed by atoms with Crippen LogP contribution in [-0.2, 0) is 6.54 Å². The van der Waals surface area contributed by atoms with Gasteiger partial charge >= 0.3 is 0 Å². The number of benzene rings is 2. The maximum Gasteiger partial charge on any atom is 0.141 e. The van der Waals surface area contributed by atoms with Crippen molar-refractivity contribution in [1.82, 2.24) is 0 Å². The number of anilines is 1. The van der Waals surface area contributed by atoms with Crippen molar-refractivity contribution < 1.29 is 4.39 Å². The first kappa shape index (κ1) is 13.9. The van der Waals surface area contributed by atoms with E-state index in [0.29, 0.717) is 11.6 Å². The van der Waals surface area contributed by atoms with Crippen molar-refractivity contribution in [3.05, 3.63) is 61.4 Å². The third-order valence-electron chi connectivity index (χ3n) is 2.40. The van der Waals surface area contributed by atoms with E-state index in [1.54, 1.807) is 12.1 Å². The lowest BCUT2D eigenvalue weighted by molar-refractivity contribution is 0.627. The minimum atomic E-state index is -0.410. The molecular weight excluding hydrogens is 387 g/mol. The van der Waals surface area contributed by atoms with E-state index in [4.69, 9.17) is 23.2 Å². The molecular formula is C13H9Cl2FIN. The monoisotopic (exact) mass is 395 g/mol. The van der Waals surface area contributed by atoms with E-state index in [2.05, 4.69) is 27.9 Å². The molecule has 0 aliphatic rings. The molecule has 0 radical (unpaired) electrons. The summed E-state index contributed by atoms with van der Waals surface area (Å²) in [6.07, 6.45) is 0. The van der Waals surface area contributed by atoms with E-state index < -0.39 is 5.82 Å². The molecule has 0 aromatic heterocycles. The summed E-state index contributed by atoms with van der Waals surface area (Å²) < 4.78 is 14.1. The van der Waals surface area contributed by atoms with Gasteiger partial charge in [0, 0.05) is 10.1 Å². The highest BCUT2D eigenvalue weighted by atomic mass is 127. The molecule has 0 amide bonds. The van der Waals surface area contributed by atoms with Crippen LogP contribution in [0.15, 0.2) is 36.4 Å². The molecule has 94 valence electrons. The maximum absolute atomic E-state index is 13.0. The average molecular weight is 396 g/mol. The summed E-state index contributed by atoms with van der Waals surface area (Å²) in [6, 6.07) is 10.4. The lowest BCUT2D eigenvalue weighted by atomic mass is 10.2. The maximum atomic E-state index is 13.0. The molecule has 5 heteroatoms. The van der Waals surface area contributed by atoms with Crippen molar-refractivity contribution in [3.8, 4) is 0 Å². The normalized spacial score (nSPS) is 10.4. The second kappa shape index (κ2) is 6.08. The van der Waals surface area contributed by atoms with E-state index in [-0.39, 0.29) is 5.02 Å². The highest BCUT2D eigenvalue weighted by Gasteiger charge is 2.03. The Bertz CT molecular complexity index is 575. The number of halogens is 4. The average Bonchev–Trinajstić information content (AvgIpc) is 2.32. The lowest BCUT2D eigenvalue weighted by Gasteiger charge is -2.09. The van der Waals surface area contributed by atoms with Crippen LogP contribution in [0.1, 0.15) is 5.56 Å². The highest BCUT2D eigenvalue weighted by molar-refractivity contribution is 14.1. The topological polar surface area (TPSA) is 12.0 Å². The van der Waals surface area contributed by atoms with Crippen LogP contribution in [0.2, 0.25) is 10.0 Å². The van der Waals surface area contributed by atoms with Gasteiger partial charge in [0.15, 0.2) is 0 Å². The molecule has 0 aliphatic heterocycles. The molecule has 18 heavy (non-hydrogen) atoms. The summed E-state index contributed by atoms with van der Waals surface area (Å²) in [5.41, 5.74) is 1.74. The van der Waals surface area contributed by atoms with Gasteiger partial charge in [0.2, 0.25) is 0 Å². The quantitative estimate of drug-likeness (QED) is 0.690. The molecule has 0 bridgehead atoms. The second-order valence-corrected chi connectivity index (χ2v) is 5.79. The Labute approximate surface area is 128 Å². The molecule has 0 heterocycles. The second-order valence-electron chi connectivity index (χ2n) is 3.73. The van der Waals surface area contributed by atoms with Gasteiger partial charge in [0.1, 0.15) is 5.82 Å². The van der Waals surface area contributed by atoms with Crippen LogP contribution in [0.5, 0.6) is 0 Å². The Kier molecular flexibility index (Phi) is 4.70. The van der Waals surface area contributed by atoms with Crippen LogP contribution in [0.3, 0.4) is 0 Å². The van der Waals surface area contributed by atoms with Crippen molar-refractivity contribution in [2.45, 2.75) is 6.54 Å². The third kappa shape index (κ3) is 3.49. The molecule has 2 aromatic rings. The van der Waals surface area contributed by atoms with Gasteiger partial charge in [-0.1, -0.05) is 29.3 Å². The van der Waals surface area contributed by atoms with Crippen LogP contribution >= 0.6 is 45.8 Å². The smallest absolute Gasteiger partial charge is 0.141 e. The summed E-state index contributed by atoms with van der Waals surface area (Å²) in [5.74, 6) is -0.410. The molecule has 0 aliphatic carbocycles. The lowest BCUT2D eigenvalue weighted by Crippen LogP contribution is -2.00. The van der Waals surface area contributed by atoms with Gasteiger partial charge in [0.25, 0.3) is 0 Å². The number of rotatable bonds is 3. The molecule has 0 spiro atoms. The Morgan fingerprint density at radius 2 is 1.83 bits per heavy atom. The Balaban J connectivity index is 2.09. The number of hydrogen-bond donors (Lipinski definition) is 1. The van der Waals surface area contributed by atoms with Crippen LogP contribution in [0, 0.1) is 9.39 Å². The van der Waals surface area contributed by atoms with E-state index in [0.717, 1.165) is 14.8 Å².